The second kappa shape index (κ2) is 9.17. The number of carboxylic acid groups (broad SMARTS) is 1. The van der Waals surface area contributed by atoms with E-state index in [2.05, 4.69) is 15.8 Å². The van der Waals surface area contributed by atoms with Crippen LogP contribution in [-0.4, -0.2) is 30.8 Å². The molecular formula is C11H16N2O4. The number of ether oxygens (including phenoxy) is 1. The molecule has 0 bridgehead atoms. The summed E-state index contributed by atoms with van der Waals surface area (Å²) in [6, 6.07) is 8.78. The molecule has 0 unspecified atom stereocenters. The van der Waals surface area contributed by atoms with Gasteiger partial charge in [-0.15, -0.1) is 0 Å². The van der Waals surface area contributed by atoms with Crippen LogP contribution in [0.4, 0.5) is 10.5 Å². The van der Waals surface area contributed by atoms with E-state index in [0.717, 1.165) is 0 Å². The van der Waals surface area contributed by atoms with Crippen molar-refractivity contribution in [2.45, 2.75) is 6.42 Å². The highest BCUT2D eigenvalue weighted by molar-refractivity contribution is 5.84. The molecule has 0 saturated carbocycles. The van der Waals surface area contributed by atoms with E-state index in [1.54, 1.807) is 24.3 Å². The standard InChI is InChI=1S/C10H11NO4.CH5N/c12-9(13)6-7-15-10(14)11-8-4-2-1-3-5-8;1-2/h1-5H,6-7H2,(H,11,14)(H,12,13);2H2,1H3. The molecule has 0 fully saturated rings. The zero-order chi connectivity index (χ0) is 13.1. The van der Waals surface area contributed by atoms with Crippen molar-refractivity contribution >= 4 is 17.7 Å². The van der Waals surface area contributed by atoms with Crippen LogP contribution in [0.15, 0.2) is 30.3 Å². The van der Waals surface area contributed by atoms with E-state index in [1.807, 2.05) is 6.07 Å². The summed E-state index contributed by atoms with van der Waals surface area (Å²) >= 11 is 0. The quantitative estimate of drug-likeness (QED) is 0.735. The lowest BCUT2D eigenvalue weighted by Gasteiger charge is -2.05. The molecule has 94 valence electrons. The molecule has 4 N–H and O–H groups in total. The van der Waals surface area contributed by atoms with E-state index in [0.29, 0.717) is 5.69 Å². The minimum absolute atomic E-state index is 0.131. The Bertz CT molecular complexity index is 341. The topological polar surface area (TPSA) is 102 Å². The molecule has 0 radical (unpaired) electrons. The van der Waals surface area contributed by atoms with Crippen molar-refractivity contribution < 1.29 is 19.4 Å². The minimum Gasteiger partial charge on any atom is -0.481 e. The smallest absolute Gasteiger partial charge is 0.411 e. The van der Waals surface area contributed by atoms with Gasteiger partial charge in [0.25, 0.3) is 0 Å². The van der Waals surface area contributed by atoms with Crippen LogP contribution in [0.3, 0.4) is 0 Å². The number of carbonyl (C=O) groups is 2. The van der Waals surface area contributed by atoms with Gasteiger partial charge in [-0.3, -0.25) is 10.1 Å². The molecule has 0 saturated heterocycles. The van der Waals surface area contributed by atoms with Crippen molar-refractivity contribution in [2.75, 3.05) is 19.0 Å². The molecule has 0 spiro atoms. The van der Waals surface area contributed by atoms with Crippen LogP contribution in [0.5, 0.6) is 0 Å². The van der Waals surface area contributed by atoms with Crippen LogP contribution in [0.25, 0.3) is 0 Å². The Morgan fingerprint density at radius 3 is 2.41 bits per heavy atom. The van der Waals surface area contributed by atoms with Crippen molar-refractivity contribution in [1.82, 2.24) is 0 Å². The van der Waals surface area contributed by atoms with E-state index in [1.165, 1.54) is 7.05 Å². The summed E-state index contributed by atoms with van der Waals surface area (Å²) in [4.78, 5) is 21.2. The molecule has 0 aliphatic heterocycles. The summed E-state index contributed by atoms with van der Waals surface area (Å²) < 4.78 is 4.63. The summed E-state index contributed by atoms with van der Waals surface area (Å²) in [5, 5.41) is 10.8. The number of amides is 1. The Morgan fingerprint density at radius 2 is 1.88 bits per heavy atom. The number of aliphatic carboxylic acids is 1. The van der Waals surface area contributed by atoms with Gasteiger partial charge < -0.3 is 15.6 Å². The molecule has 17 heavy (non-hydrogen) atoms. The second-order valence-corrected chi connectivity index (χ2v) is 2.77. The van der Waals surface area contributed by atoms with Gasteiger partial charge in [0.1, 0.15) is 6.61 Å². The third kappa shape index (κ3) is 7.80. The predicted octanol–water partition coefficient (Wildman–Crippen LogP) is 1.28. The molecule has 0 heterocycles. The average molecular weight is 240 g/mol. The minimum atomic E-state index is -0.998. The van der Waals surface area contributed by atoms with E-state index in [9.17, 15) is 9.59 Å². The van der Waals surface area contributed by atoms with Crippen LogP contribution in [0, 0.1) is 0 Å². The van der Waals surface area contributed by atoms with Gasteiger partial charge in [-0.2, -0.15) is 0 Å². The van der Waals surface area contributed by atoms with Gasteiger partial charge in [0, 0.05) is 5.69 Å². The van der Waals surface area contributed by atoms with Gasteiger partial charge in [0.15, 0.2) is 0 Å². The molecule has 1 aromatic carbocycles. The number of nitrogens with two attached hydrogens (primary N) is 1. The molecule has 0 aliphatic rings. The summed E-state index contributed by atoms with van der Waals surface area (Å²) in [5.41, 5.74) is 5.11. The van der Waals surface area contributed by atoms with Gasteiger partial charge in [-0.1, -0.05) is 18.2 Å². The number of hydrogen-bond acceptors (Lipinski definition) is 4. The van der Waals surface area contributed by atoms with Gasteiger partial charge in [0.2, 0.25) is 0 Å². The lowest BCUT2D eigenvalue weighted by Crippen LogP contribution is -2.15. The number of carboxylic acids is 1. The Morgan fingerprint density at radius 1 is 1.29 bits per heavy atom. The highest BCUT2D eigenvalue weighted by Gasteiger charge is 2.03. The Hall–Kier alpha value is -2.08. The number of benzene rings is 1. The van der Waals surface area contributed by atoms with E-state index >= 15 is 0 Å². The van der Waals surface area contributed by atoms with Crippen molar-refractivity contribution in [2.24, 2.45) is 5.73 Å². The summed E-state index contributed by atoms with van der Waals surface area (Å²) in [5.74, 6) is -0.998. The number of anilines is 1. The van der Waals surface area contributed by atoms with E-state index in [4.69, 9.17) is 5.11 Å². The van der Waals surface area contributed by atoms with Gasteiger partial charge >= 0.3 is 12.1 Å². The van der Waals surface area contributed by atoms with Gasteiger partial charge in [0.05, 0.1) is 6.42 Å². The summed E-state index contributed by atoms with van der Waals surface area (Å²) in [6.07, 6.45) is -0.843. The fourth-order valence-corrected chi connectivity index (χ4v) is 0.906. The highest BCUT2D eigenvalue weighted by Crippen LogP contribution is 2.05. The van der Waals surface area contributed by atoms with Crippen LogP contribution < -0.4 is 11.1 Å². The molecule has 0 aliphatic carbocycles. The van der Waals surface area contributed by atoms with Gasteiger partial charge in [-0.05, 0) is 19.2 Å². The third-order valence-corrected chi connectivity index (χ3v) is 1.57. The lowest BCUT2D eigenvalue weighted by molar-refractivity contribution is -0.137. The van der Waals surface area contributed by atoms with E-state index in [-0.39, 0.29) is 13.0 Å². The lowest BCUT2D eigenvalue weighted by atomic mass is 10.3. The normalized spacial score (nSPS) is 8.59. The van der Waals surface area contributed by atoms with E-state index < -0.39 is 12.1 Å². The molecule has 6 heteroatoms. The highest BCUT2D eigenvalue weighted by atomic mass is 16.5. The first-order chi connectivity index (χ1) is 8.18. The first-order valence-corrected chi connectivity index (χ1v) is 4.97. The Labute approximate surface area is 99.4 Å². The fourth-order valence-electron chi connectivity index (χ4n) is 0.906. The van der Waals surface area contributed by atoms with Crippen LogP contribution in [0.2, 0.25) is 0 Å². The maximum atomic E-state index is 11.1. The SMILES string of the molecule is CN.O=C(O)CCOC(=O)Nc1ccccc1. The molecular weight excluding hydrogens is 224 g/mol. The van der Waals surface area contributed by atoms with Crippen LogP contribution >= 0.6 is 0 Å². The number of rotatable bonds is 4. The Kier molecular flexibility index (Phi) is 8.05. The average Bonchev–Trinajstić information content (AvgIpc) is 2.32. The number of nitrogens with one attached hydrogen (secondary N) is 1. The number of hydrogen-bond donors (Lipinski definition) is 3. The molecule has 6 nitrogen and oxygen atoms in total. The summed E-state index contributed by atoms with van der Waals surface area (Å²) in [6.45, 7) is -0.131. The molecule has 1 amide bonds. The zero-order valence-electron chi connectivity index (χ0n) is 9.55. The summed E-state index contributed by atoms with van der Waals surface area (Å²) in [7, 11) is 1.50. The van der Waals surface area contributed by atoms with Crippen LogP contribution in [0.1, 0.15) is 6.42 Å². The maximum absolute atomic E-state index is 11.1. The second-order valence-electron chi connectivity index (χ2n) is 2.77. The Balaban J connectivity index is 0.00000121. The first kappa shape index (κ1) is 14.9. The molecule has 1 aromatic rings. The number of para-hydroxylation sites is 1. The molecule has 0 aromatic heterocycles. The van der Waals surface area contributed by atoms with Gasteiger partial charge in [-0.25, -0.2) is 4.79 Å². The molecule has 0 atom stereocenters. The third-order valence-electron chi connectivity index (χ3n) is 1.57. The fraction of sp³-hybridized carbons (Fsp3) is 0.273. The monoisotopic (exact) mass is 240 g/mol. The molecule has 1 rings (SSSR count). The first-order valence-electron chi connectivity index (χ1n) is 4.97. The maximum Gasteiger partial charge on any atom is 0.411 e. The number of carbonyl (C=O) groups excluding carboxylic acids is 1. The van der Waals surface area contributed by atoms with Crippen molar-refractivity contribution in [3.8, 4) is 0 Å². The van der Waals surface area contributed by atoms with Crippen molar-refractivity contribution in [1.29, 1.82) is 0 Å². The van der Waals surface area contributed by atoms with Crippen molar-refractivity contribution in [3.05, 3.63) is 30.3 Å². The predicted molar refractivity (Wildman–Crippen MR) is 63.8 cm³/mol. The van der Waals surface area contributed by atoms with Crippen molar-refractivity contribution in [3.63, 3.8) is 0 Å². The van der Waals surface area contributed by atoms with Crippen LogP contribution in [-0.2, 0) is 9.53 Å². The zero-order valence-corrected chi connectivity index (χ0v) is 9.55. The largest absolute Gasteiger partial charge is 0.481 e.